The summed E-state index contributed by atoms with van der Waals surface area (Å²) in [5.41, 5.74) is 2.92. The van der Waals surface area contributed by atoms with Crippen LogP contribution in [0.3, 0.4) is 0 Å². The highest BCUT2D eigenvalue weighted by Crippen LogP contribution is 2.31. The highest BCUT2D eigenvalue weighted by molar-refractivity contribution is 7.15. The molecular formula is C21H15N3O3S. The molecule has 1 amide bonds. The van der Waals surface area contributed by atoms with Crippen molar-refractivity contribution < 1.29 is 14.3 Å². The highest BCUT2D eigenvalue weighted by Gasteiger charge is 2.32. The maximum Gasteiger partial charge on any atom is 0.339 e. The quantitative estimate of drug-likeness (QED) is 0.541. The van der Waals surface area contributed by atoms with Crippen LogP contribution in [0.2, 0.25) is 0 Å². The monoisotopic (exact) mass is 389 g/mol. The Labute approximate surface area is 164 Å². The molecule has 138 valence electrons. The van der Waals surface area contributed by atoms with Gasteiger partial charge in [-0.3, -0.25) is 9.20 Å². The van der Waals surface area contributed by atoms with Gasteiger partial charge in [0.05, 0.1) is 5.56 Å². The highest BCUT2D eigenvalue weighted by atomic mass is 32.1. The average Bonchev–Trinajstić information content (AvgIpc) is 3.31. The third-order valence-corrected chi connectivity index (χ3v) is 5.49. The Morgan fingerprint density at radius 2 is 1.93 bits per heavy atom. The maximum absolute atomic E-state index is 12.9. The van der Waals surface area contributed by atoms with Crippen molar-refractivity contribution in [2.24, 2.45) is 0 Å². The van der Waals surface area contributed by atoms with E-state index in [0.29, 0.717) is 23.5 Å². The Bertz CT molecular complexity index is 1200. The first kappa shape index (κ1) is 16.7. The summed E-state index contributed by atoms with van der Waals surface area (Å²) < 4.78 is 7.22. The topological polar surface area (TPSA) is 72.7 Å². The Morgan fingerprint density at radius 3 is 2.79 bits per heavy atom. The molecule has 1 atom stereocenters. The summed E-state index contributed by atoms with van der Waals surface area (Å²) in [6.45, 7) is 0. The second-order valence-corrected chi connectivity index (χ2v) is 7.35. The van der Waals surface area contributed by atoms with Crippen molar-refractivity contribution in [3.05, 3.63) is 77.3 Å². The molecule has 2 aromatic heterocycles. The van der Waals surface area contributed by atoms with Crippen LogP contribution in [0.5, 0.6) is 0 Å². The first-order valence-corrected chi connectivity index (χ1v) is 9.69. The Morgan fingerprint density at radius 1 is 1.14 bits per heavy atom. The van der Waals surface area contributed by atoms with Crippen molar-refractivity contribution in [3.8, 4) is 11.3 Å². The number of esters is 1. The van der Waals surface area contributed by atoms with Gasteiger partial charge in [0.15, 0.2) is 11.1 Å². The van der Waals surface area contributed by atoms with Gasteiger partial charge in [-0.2, -0.15) is 0 Å². The molecule has 5 rings (SSSR count). The molecule has 1 aliphatic rings. The van der Waals surface area contributed by atoms with Gasteiger partial charge in [-0.1, -0.05) is 48.5 Å². The molecule has 0 spiro atoms. The molecule has 2 aromatic carbocycles. The van der Waals surface area contributed by atoms with Gasteiger partial charge in [-0.15, -0.1) is 11.3 Å². The predicted molar refractivity (Wildman–Crippen MR) is 106 cm³/mol. The van der Waals surface area contributed by atoms with Crippen LogP contribution >= 0.6 is 11.3 Å². The number of aromatic nitrogens is 2. The number of amides is 1. The molecule has 0 aliphatic carbocycles. The van der Waals surface area contributed by atoms with E-state index in [1.165, 1.54) is 11.3 Å². The zero-order chi connectivity index (χ0) is 19.1. The van der Waals surface area contributed by atoms with Crippen LogP contribution in [0.1, 0.15) is 15.9 Å². The number of cyclic esters (lactones) is 1. The van der Waals surface area contributed by atoms with Gasteiger partial charge >= 0.3 is 5.97 Å². The number of anilines is 1. The number of fused-ring (bicyclic) bond motifs is 2. The van der Waals surface area contributed by atoms with Gasteiger partial charge in [0.2, 0.25) is 0 Å². The number of benzene rings is 2. The predicted octanol–water partition coefficient (Wildman–Crippen LogP) is 3.78. The number of hydrogen-bond acceptors (Lipinski definition) is 5. The largest absolute Gasteiger partial charge is 0.448 e. The number of imidazole rings is 1. The summed E-state index contributed by atoms with van der Waals surface area (Å²) in [7, 11) is 0. The van der Waals surface area contributed by atoms with Crippen molar-refractivity contribution in [3.63, 3.8) is 0 Å². The lowest BCUT2D eigenvalue weighted by atomic mass is 9.98. The Kier molecular flexibility index (Phi) is 3.95. The number of nitrogens with one attached hydrogen (secondary N) is 1. The van der Waals surface area contributed by atoms with Crippen LogP contribution in [-0.2, 0) is 16.0 Å². The molecule has 1 N–H and O–H groups in total. The molecule has 0 saturated carbocycles. The molecule has 7 heteroatoms. The lowest BCUT2D eigenvalue weighted by Gasteiger charge is -2.23. The molecule has 28 heavy (non-hydrogen) atoms. The fraction of sp³-hybridized carbons (Fsp3) is 0.0952. The third-order valence-electron chi connectivity index (χ3n) is 4.74. The SMILES string of the molecule is O=C1O[C@H](C(=O)Nc2c(-c3ccccc3)nc3sccn23)Cc2ccccc21. The number of carbonyl (C=O) groups excluding carboxylic acids is 2. The molecule has 4 aromatic rings. The van der Waals surface area contributed by atoms with E-state index in [2.05, 4.69) is 10.3 Å². The lowest BCUT2D eigenvalue weighted by Crippen LogP contribution is -2.38. The van der Waals surface area contributed by atoms with Gasteiger partial charge in [0.1, 0.15) is 11.5 Å². The maximum atomic E-state index is 12.9. The van der Waals surface area contributed by atoms with Crippen molar-refractivity contribution in [2.45, 2.75) is 12.5 Å². The fourth-order valence-corrected chi connectivity index (χ4v) is 4.09. The van der Waals surface area contributed by atoms with E-state index in [1.54, 1.807) is 12.1 Å². The summed E-state index contributed by atoms with van der Waals surface area (Å²) in [4.78, 5) is 30.6. The molecular weight excluding hydrogens is 374 g/mol. The molecule has 0 fully saturated rings. The fourth-order valence-electron chi connectivity index (χ4n) is 3.38. The molecule has 0 bridgehead atoms. The van der Waals surface area contributed by atoms with Crippen molar-refractivity contribution in [2.75, 3.05) is 5.32 Å². The van der Waals surface area contributed by atoms with Crippen LogP contribution in [0.25, 0.3) is 16.2 Å². The van der Waals surface area contributed by atoms with Crippen LogP contribution < -0.4 is 5.32 Å². The zero-order valence-electron chi connectivity index (χ0n) is 14.7. The molecule has 3 heterocycles. The van der Waals surface area contributed by atoms with E-state index in [0.717, 1.165) is 16.1 Å². The molecule has 0 radical (unpaired) electrons. The number of carbonyl (C=O) groups is 2. The minimum atomic E-state index is -0.879. The van der Waals surface area contributed by atoms with Crippen LogP contribution in [0.4, 0.5) is 5.82 Å². The van der Waals surface area contributed by atoms with E-state index in [4.69, 9.17) is 4.74 Å². The van der Waals surface area contributed by atoms with Crippen molar-refractivity contribution in [1.82, 2.24) is 9.38 Å². The van der Waals surface area contributed by atoms with E-state index >= 15 is 0 Å². The summed E-state index contributed by atoms with van der Waals surface area (Å²) in [6.07, 6.45) is 1.33. The molecule has 0 unspecified atom stereocenters. The number of rotatable bonds is 3. The number of nitrogens with zero attached hydrogens (tertiary/aromatic N) is 2. The standard InChI is InChI=1S/C21H15N3O3S/c25-19(16-12-14-8-4-5-9-15(14)20(26)27-16)23-18-17(13-6-2-1-3-7-13)22-21-24(18)10-11-28-21/h1-11,16H,12H2,(H,23,25)/t16-/m0/s1. The first-order valence-electron chi connectivity index (χ1n) is 8.81. The smallest absolute Gasteiger partial charge is 0.339 e. The number of ether oxygens (including phenoxy) is 1. The second-order valence-electron chi connectivity index (χ2n) is 6.48. The molecule has 0 saturated heterocycles. The number of hydrogen-bond donors (Lipinski definition) is 1. The van der Waals surface area contributed by atoms with E-state index in [9.17, 15) is 9.59 Å². The van der Waals surface area contributed by atoms with Crippen LogP contribution in [-0.4, -0.2) is 27.4 Å². The van der Waals surface area contributed by atoms with Gasteiger partial charge in [0, 0.05) is 23.6 Å². The van der Waals surface area contributed by atoms with Gasteiger partial charge in [0.25, 0.3) is 5.91 Å². The summed E-state index contributed by atoms with van der Waals surface area (Å²) in [5, 5.41) is 4.84. The average molecular weight is 389 g/mol. The van der Waals surface area contributed by atoms with Crippen molar-refractivity contribution >= 4 is 34.0 Å². The van der Waals surface area contributed by atoms with E-state index in [-0.39, 0.29) is 5.91 Å². The second kappa shape index (κ2) is 6.61. The van der Waals surface area contributed by atoms with Crippen LogP contribution in [0, 0.1) is 0 Å². The summed E-state index contributed by atoms with van der Waals surface area (Å²) in [5.74, 6) is -0.269. The van der Waals surface area contributed by atoms with Crippen LogP contribution in [0.15, 0.2) is 66.2 Å². The number of thiazole rings is 1. The Balaban J connectivity index is 1.48. The zero-order valence-corrected chi connectivity index (χ0v) is 15.5. The van der Waals surface area contributed by atoms with Gasteiger partial charge in [-0.25, -0.2) is 9.78 Å². The van der Waals surface area contributed by atoms with Gasteiger partial charge < -0.3 is 10.1 Å². The first-order chi connectivity index (χ1) is 13.7. The summed E-state index contributed by atoms with van der Waals surface area (Å²) >= 11 is 1.49. The molecule has 6 nitrogen and oxygen atoms in total. The minimum absolute atomic E-state index is 0.347. The van der Waals surface area contributed by atoms with E-state index in [1.807, 2.05) is 58.4 Å². The third kappa shape index (κ3) is 2.76. The van der Waals surface area contributed by atoms with Gasteiger partial charge in [-0.05, 0) is 11.6 Å². The summed E-state index contributed by atoms with van der Waals surface area (Å²) in [6, 6.07) is 16.9. The normalized spacial score (nSPS) is 15.9. The van der Waals surface area contributed by atoms with E-state index < -0.39 is 12.1 Å². The minimum Gasteiger partial charge on any atom is -0.448 e. The van der Waals surface area contributed by atoms with Crippen molar-refractivity contribution in [1.29, 1.82) is 0 Å². The Hall–Kier alpha value is -3.45. The lowest BCUT2D eigenvalue weighted by molar-refractivity contribution is -0.125. The molecule has 1 aliphatic heterocycles.